The van der Waals surface area contributed by atoms with Gasteiger partial charge < -0.3 is 24.1 Å². The van der Waals surface area contributed by atoms with Crippen molar-refractivity contribution in [2.24, 2.45) is 0 Å². The fraction of sp³-hybridized carbons (Fsp3) is 0.316. The van der Waals surface area contributed by atoms with Crippen LogP contribution in [-0.2, 0) is 0 Å². The molecule has 0 radical (unpaired) electrons. The fourth-order valence-electron chi connectivity index (χ4n) is 3.50. The smallest absolute Gasteiger partial charge is 0.387 e. The number of non-ortho nitro benzene ring substituents is 1. The van der Waals surface area contributed by atoms with Crippen LogP contribution in [-0.4, -0.2) is 29.0 Å². The van der Waals surface area contributed by atoms with E-state index >= 15 is 0 Å². The Balaban J connectivity index is 1.63. The number of carbonyl (C=O) groups is 1. The normalized spacial score (nSPS) is 22.3. The Morgan fingerprint density at radius 2 is 1.90 bits per heavy atom. The van der Waals surface area contributed by atoms with Gasteiger partial charge in [-0.1, -0.05) is 12.1 Å². The van der Waals surface area contributed by atoms with E-state index in [4.69, 9.17) is 9.47 Å². The summed E-state index contributed by atoms with van der Waals surface area (Å²) in [5.41, 5.74) is 0.438. The van der Waals surface area contributed by atoms with E-state index in [-0.39, 0.29) is 40.2 Å². The van der Waals surface area contributed by atoms with Crippen LogP contribution < -0.4 is 19.3 Å². The summed E-state index contributed by atoms with van der Waals surface area (Å²) in [4.78, 5) is 21.8. The van der Waals surface area contributed by atoms with Crippen LogP contribution in [0.4, 0.5) is 14.5 Å². The fourth-order valence-corrected chi connectivity index (χ4v) is 4.93. The maximum absolute atomic E-state index is 12.8. The van der Waals surface area contributed by atoms with E-state index in [0.29, 0.717) is 12.2 Å². The Morgan fingerprint density at radius 1 is 1.20 bits per heavy atom. The number of nitro benzene ring substituents is 1. The average Bonchev–Trinajstić information content (AvgIpc) is 3.06. The van der Waals surface area contributed by atoms with Crippen LogP contribution in [0.2, 0.25) is 0 Å². The van der Waals surface area contributed by atoms with Gasteiger partial charge in [-0.2, -0.15) is 20.5 Å². The highest BCUT2D eigenvalue weighted by atomic mass is 32.2. The molecule has 4 rings (SSSR count). The highest BCUT2D eigenvalue weighted by Crippen LogP contribution is 2.55. The maximum Gasteiger partial charge on any atom is 0.387 e. The summed E-state index contributed by atoms with van der Waals surface area (Å²) in [7, 11) is 0. The first kappa shape index (κ1) is 20.2. The average molecular weight is 438 g/mol. The lowest BCUT2D eigenvalue weighted by atomic mass is 10.0. The second-order valence-corrected chi connectivity index (χ2v) is 8.02. The molecule has 1 saturated heterocycles. The monoisotopic (exact) mass is 438 g/mol. The SMILES string of the molecule is O=C([O-])c1ccc(OC(F)F)c2c1OC1(CCSC(c3ccc([N+](=O)[O-])cc3)C1)O2. The van der Waals surface area contributed by atoms with Crippen molar-refractivity contribution >= 4 is 23.4 Å². The van der Waals surface area contributed by atoms with Crippen molar-refractivity contribution in [3.05, 3.63) is 57.6 Å². The predicted molar refractivity (Wildman–Crippen MR) is 98.9 cm³/mol. The Hall–Kier alpha value is -3.08. The number of ether oxygens (including phenoxy) is 3. The summed E-state index contributed by atoms with van der Waals surface area (Å²) in [6, 6.07) is 8.20. The van der Waals surface area contributed by atoms with Crippen molar-refractivity contribution in [2.45, 2.75) is 30.5 Å². The minimum atomic E-state index is -3.13. The lowest BCUT2D eigenvalue weighted by Gasteiger charge is -2.36. The molecule has 2 aromatic carbocycles. The van der Waals surface area contributed by atoms with E-state index < -0.39 is 23.3 Å². The molecule has 30 heavy (non-hydrogen) atoms. The number of nitro groups is 1. The standard InChI is InChI=1S/C19H15F2NO7S/c20-18(21)27-13-6-5-12(17(23)24)15-16(13)29-19(28-15)7-8-30-14(9-19)10-1-3-11(4-2-10)22(25)26/h1-6,14,18H,7-9H2,(H,23,24)/p-1. The van der Waals surface area contributed by atoms with Crippen molar-refractivity contribution < 1.29 is 37.8 Å². The number of aromatic carboxylic acids is 1. The summed E-state index contributed by atoms with van der Waals surface area (Å²) in [6.07, 6.45) is 0.640. The molecule has 0 bridgehead atoms. The number of alkyl halides is 2. The van der Waals surface area contributed by atoms with Gasteiger partial charge in [-0.25, -0.2) is 0 Å². The summed E-state index contributed by atoms with van der Waals surface area (Å²) < 4.78 is 41.7. The van der Waals surface area contributed by atoms with Gasteiger partial charge in [-0.05, 0) is 17.7 Å². The Bertz CT molecular complexity index is 1000. The summed E-state index contributed by atoms with van der Waals surface area (Å²) in [5.74, 6) is -2.97. The van der Waals surface area contributed by atoms with Gasteiger partial charge in [0.15, 0.2) is 11.5 Å². The largest absolute Gasteiger partial charge is 0.545 e. The Morgan fingerprint density at radius 3 is 2.53 bits per heavy atom. The number of carbonyl (C=O) groups excluding carboxylic acids is 1. The van der Waals surface area contributed by atoms with Gasteiger partial charge in [0.25, 0.3) is 11.5 Å². The highest BCUT2D eigenvalue weighted by Gasteiger charge is 2.48. The number of fused-ring (bicyclic) bond motifs is 1. The van der Waals surface area contributed by atoms with Crippen LogP contribution in [0.15, 0.2) is 36.4 Å². The molecule has 0 N–H and O–H groups in total. The van der Waals surface area contributed by atoms with Crippen molar-refractivity contribution in [1.82, 2.24) is 0 Å². The van der Waals surface area contributed by atoms with Crippen LogP contribution >= 0.6 is 11.8 Å². The number of hydrogen-bond donors (Lipinski definition) is 0. The van der Waals surface area contributed by atoms with Gasteiger partial charge in [0.2, 0.25) is 5.75 Å². The first-order valence-corrected chi connectivity index (χ1v) is 9.90. The van der Waals surface area contributed by atoms with Crippen molar-refractivity contribution in [2.75, 3.05) is 5.75 Å². The second-order valence-electron chi connectivity index (χ2n) is 6.71. The maximum atomic E-state index is 12.8. The zero-order valence-electron chi connectivity index (χ0n) is 15.2. The molecule has 0 amide bonds. The van der Waals surface area contributed by atoms with Crippen molar-refractivity contribution in [3.63, 3.8) is 0 Å². The molecule has 11 heteroatoms. The number of thioether (sulfide) groups is 1. The van der Waals surface area contributed by atoms with E-state index in [1.807, 2.05) is 0 Å². The van der Waals surface area contributed by atoms with Crippen LogP contribution in [0.25, 0.3) is 0 Å². The van der Waals surface area contributed by atoms with Crippen LogP contribution in [0.1, 0.15) is 34.0 Å². The molecular formula is C19H14F2NO7S-. The van der Waals surface area contributed by atoms with E-state index in [1.165, 1.54) is 12.1 Å². The number of halogens is 2. The molecule has 2 heterocycles. The summed E-state index contributed by atoms with van der Waals surface area (Å²) >= 11 is 1.59. The molecule has 2 aliphatic heterocycles. The van der Waals surface area contributed by atoms with E-state index in [0.717, 1.165) is 17.7 Å². The topological polar surface area (TPSA) is 111 Å². The second kappa shape index (κ2) is 7.63. The molecule has 2 aromatic rings. The van der Waals surface area contributed by atoms with Crippen LogP contribution in [0.5, 0.6) is 17.2 Å². The van der Waals surface area contributed by atoms with Gasteiger partial charge in [0, 0.05) is 41.5 Å². The zero-order valence-corrected chi connectivity index (χ0v) is 16.0. The summed E-state index contributed by atoms with van der Waals surface area (Å²) in [6.45, 7) is -3.13. The predicted octanol–water partition coefficient (Wildman–Crippen LogP) is 3.30. The number of hydrogen-bond acceptors (Lipinski definition) is 8. The number of nitrogens with zero attached hydrogens (tertiary/aromatic N) is 1. The molecule has 2 unspecified atom stereocenters. The third-order valence-corrected chi connectivity index (χ3v) is 6.14. The van der Waals surface area contributed by atoms with Crippen LogP contribution in [0.3, 0.4) is 0 Å². The van der Waals surface area contributed by atoms with Gasteiger partial charge in [-0.15, -0.1) is 0 Å². The van der Waals surface area contributed by atoms with E-state index in [1.54, 1.807) is 23.9 Å². The number of benzene rings is 2. The lowest BCUT2D eigenvalue weighted by Crippen LogP contribution is -2.43. The molecule has 2 aliphatic rings. The summed E-state index contributed by atoms with van der Waals surface area (Å²) in [5, 5.41) is 22.1. The number of rotatable bonds is 5. The minimum absolute atomic E-state index is 0.0394. The number of carboxylic acids is 1. The molecule has 1 fully saturated rings. The van der Waals surface area contributed by atoms with Crippen LogP contribution in [0, 0.1) is 10.1 Å². The zero-order chi connectivity index (χ0) is 21.5. The molecule has 0 aromatic heterocycles. The first-order chi connectivity index (χ1) is 14.3. The molecule has 1 spiro atoms. The number of carboxylic acid groups (broad SMARTS) is 1. The third kappa shape index (κ3) is 3.72. The minimum Gasteiger partial charge on any atom is -0.545 e. The Labute approximate surface area is 172 Å². The molecule has 8 nitrogen and oxygen atoms in total. The molecule has 0 saturated carbocycles. The molecule has 0 aliphatic carbocycles. The lowest BCUT2D eigenvalue weighted by molar-refractivity contribution is -0.384. The van der Waals surface area contributed by atoms with Crippen molar-refractivity contribution in [3.8, 4) is 17.2 Å². The van der Waals surface area contributed by atoms with Crippen molar-refractivity contribution in [1.29, 1.82) is 0 Å². The van der Waals surface area contributed by atoms with E-state index in [2.05, 4.69) is 4.74 Å². The van der Waals surface area contributed by atoms with Gasteiger partial charge in [-0.3, -0.25) is 10.1 Å². The third-order valence-electron chi connectivity index (χ3n) is 4.86. The quantitative estimate of drug-likeness (QED) is 0.517. The molecular weight excluding hydrogens is 424 g/mol. The van der Waals surface area contributed by atoms with Gasteiger partial charge in [0.1, 0.15) is 0 Å². The van der Waals surface area contributed by atoms with Gasteiger partial charge in [0.05, 0.1) is 10.9 Å². The molecule has 158 valence electrons. The van der Waals surface area contributed by atoms with E-state index in [9.17, 15) is 28.8 Å². The molecule has 2 atom stereocenters. The van der Waals surface area contributed by atoms with Gasteiger partial charge >= 0.3 is 6.61 Å². The Kier molecular flexibility index (Phi) is 5.14. The highest BCUT2D eigenvalue weighted by molar-refractivity contribution is 7.99. The first-order valence-electron chi connectivity index (χ1n) is 8.85.